The highest BCUT2D eigenvalue weighted by Gasteiger charge is 2.16. The smallest absolute Gasteiger partial charge is 0.256 e. The van der Waals surface area contributed by atoms with Crippen molar-refractivity contribution < 1.29 is 9.18 Å². The molecule has 0 radical (unpaired) electrons. The number of carbonyl (C=O) groups is 1. The second-order valence-corrected chi connectivity index (χ2v) is 4.51. The molecule has 1 aromatic carbocycles. The van der Waals surface area contributed by atoms with Crippen molar-refractivity contribution in [1.82, 2.24) is 9.88 Å². The summed E-state index contributed by atoms with van der Waals surface area (Å²) in [6.45, 7) is 2.23. The Morgan fingerprint density at radius 1 is 1.37 bits per heavy atom. The molecular formula is C15H15FN2O. The number of benzene rings is 1. The van der Waals surface area contributed by atoms with Crippen LogP contribution in [0.1, 0.15) is 21.5 Å². The number of pyridine rings is 1. The zero-order valence-electron chi connectivity index (χ0n) is 10.9. The summed E-state index contributed by atoms with van der Waals surface area (Å²) < 4.78 is 13.7. The molecule has 0 atom stereocenters. The summed E-state index contributed by atoms with van der Waals surface area (Å²) in [7, 11) is 1.65. The van der Waals surface area contributed by atoms with Crippen LogP contribution in [0, 0.1) is 12.7 Å². The highest BCUT2D eigenvalue weighted by molar-refractivity contribution is 5.94. The number of amides is 1. The van der Waals surface area contributed by atoms with Crippen LogP contribution in [-0.4, -0.2) is 22.8 Å². The van der Waals surface area contributed by atoms with Crippen molar-refractivity contribution in [1.29, 1.82) is 0 Å². The van der Waals surface area contributed by atoms with Gasteiger partial charge in [-0.2, -0.15) is 0 Å². The molecular weight excluding hydrogens is 243 g/mol. The van der Waals surface area contributed by atoms with Gasteiger partial charge in [0.1, 0.15) is 5.82 Å². The Bertz CT molecular complexity index is 584. The molecule has 0 unspecified atom stereocenters. The molecule has 2 rings (SSSR count). The van der Waals surface area contributed by atoms with Crippen LogP contribution in [0.2, 0.25) is 0 Å². The Balaban J connectivity index is 2.17. The van der Waals surface area contributed by atoms with Crippen molar-refractivity contribution in [2.45, 2.75) is 13.5 Å². The molecule has 1 amide bonds. The number of halogens is 1. The maximum atomic E-state index is 13.7. The highest BCUT2D eigenvalue weighted by atomic mass is 19.1. The van der Waals surface area contributed by atoms with Crippen molar-refractivity contribution in [2.24, 2.45) is 0 Å². The van der Waals surface area contributed by atoms with Gasteiger partial charge in [0.05, 0.1) is 5.56 Å². The molecule has 4 heteroatoms. The fourth-order valence-electron chi connectivity index (χ4n) is 1.85. The maximum absolute atomic E-state index is 13.7. The molecule has 1 aromatic heterocycles. The quantitative estimate of drug-likeness (QED) is 0.848. The minimum Gasteiger partial charge on any atom is -0.337 e. The van der Waals surface area contributed by atoms with Crippen LogP contribution >= 0.6 is 0 Å². The van der Waals surface area contributed by atoms with E-state index in [0.717, 1.165) is 11.1 Å². The number of rotatable bonds is 3. The second kappa shape index (κ2) is 5.61. The van der Waals surface area contributed by atoms with Gasteiger partial charge in [-0.3, -0.25) is 9.78 Å². The van der Waals surface area contributed by atoms with Crippen LogP contribution in [-0.2, 0) is 6.54 Å². The van der Waals surface area contributed by atoms with E-state index in [1.165, 1.54) is 11.0 Å². The van der Waals surface area contributed by atoms with Crippen LogP contribution in [0.3, 0.4) is 0 Å². The average molecular weight is 258 g/mol. The van der Waals surface area contributed by atoms with Crippen molar-refractivity contribution in [3.8, 4) is 0 Å². The maximum Gasteiger partial charge on any atom is 0.256 e. The van der Waals surface area contributed by atoms with E-state index < -0.39 is 5.82 Å². The zero-order valence-corrected chi connectivity index (χ0v) is 10.9. The van der Waals surface area contributed by atoms with E-state index in [1.54, 1.807) is 37.6 Å². The van der Waals surface area contributed by atoms with Crippen LogP contribution in [0.15, 0.2) is 42.7 Å². The summed E-state index contributed by atoms with van der Waals surface area (Å²) in [6, 6.07) is 8.22. The summed E-state index contributed by atoms with van der Waals surface area (Å²) in [5.74, 6) is -0.821. The average Bonchev–Trinajstić information content (AvgIpc) is 2.42. The lowest BCUT2D eigenvalue weighted by Crippen LogP contribution is -2.27. The molecule has 0 aliphatic carbocycles. The molecule has 0 aliphatic rings. The molecule has 19 heavy (non-hydrogen) atoms. The minimum atomic E-state index is -0.492. The van der Waals surface area contributed by atoms with E-state index in [2.05, 4.69) is 4.98 Å². The Kier molecular flexibility index (Phi) is 3.90. The Morgan fingerprint density at radius 3 is 2.84 bits per heavy atom. The normalized spacial score (nSPS) is 10.3. The van der Waals surface area contributed by atoms with Crippen molar-refractivity contribution in [3.05, 3.63) is 65.2 Å². The topological polar surface area (TPSA) is 33.2 Å². The van der Waals surface area contributed by atoms with E-state index in [0.29, 0.717) is 6.54 Å². The van der Waals surface area contributed by atoms with E-state index in [1.807, 2.05) is 13.0 Å². The lowest BCUT2D eigenvalue weighted by molar-refractivity contribution is 0.0780. The first kappa shape index (κ1) is 13.2. The molecule has 0 N–H and O–H groups in total. The number of aryl methyl sites for hydroxylation is 1. The van der Waals surface area contributed by atoms with Gasteiger partial charge in [0.15, 0.2) is 0 Å². The van der Waals surface area contributed by atoms with Crippen molar-refractivity contribution in [3.63, 3.8) is 0 Å². The molecule has 0 bridgehead atoms. The molecule has 0 aliphatic heterocycles. The number of nitrogens with zero attached hydrogens (tertiary/aromatic N) is 2. The Labute approximate surface area is 111 Å². The summed E-state index contributed by atoms with van der Waals surface area (Å²) in [4.78, 5) is 17.7. The Morgan fingerprint density at radius 2 is 2.16 bits per heavy atom. The van der Waals surface area contributed by atoms with Gasteiger partial charge >= 0.3 is 0 Å². The molecule has 2 aromatic rings. The third-order valence-corrected chi connectivity index (χ3v) is 2.84. The van der Waals surface area contributed by atoms with Gasteiger partial charge in [-0.1, -0.05) is 17.7 Å². The first-order valence-corrected chi connectivity index (χ1v) is 5.98. The summed E-state index contributed by atoms with van der Waals surface area (Å²) in [6.07, 6.45) is 3.36. The van der Waals surface area contributed by atoms with Gasteiger partial charge in [0.25, 0.3) is 5.91 Å². The third-order valence-electron chi connectivity index (χ3n) is 2.84. The lowest BCUT2D eigenvalue weighted by atomic mass is 10.1. The van der Waals surface area contributed by atoms with Crippen LogP contribution < -0.4 is 0 Å². The summed E-state index contributed by atoms with van der Waals surface area (Å²) in [5.41, 5.74) is 1.87. The zero-order chi connectivity index (χ0) is 13.8. The second-order valence-electron chi connectivity index (χ2n) is 4.51. The fourth-order valence-corrected chi connectivity index (χ4v) is 1.85. The van der Waals surface area contributed by atoms with E-state index in [-0.39, 0.29) is 11.5 Å². The fraction of sp³-hybridized carbons (Fsp3) is 0.200. The first-order chi connectivity index (χ1) is 9.08. The molecule has 0 saturated heterocycles. The molecule has 98 valence electrons. The lowest BCUT2D eigenvalue weighted by Gasteiger charge is -2.17. The van der Waals surface area contributed by atoms with E-state index >= 15 is 0 Å². The van der Waals surface area contributed by atoms with Crippen LogP contribution in [0.5, 0.6) is 0 Å². The summed E-state index contributed by atoms with van der Waals surface area (Å²) >= 11 is 0. The summed E-state index contributed by atoms with van der Waals surface area (Å²) in [5, 5.41) is 0. The van der Waals surface area contributed by atoms with Gasteiger partial charge in [-0.05, 0) is 30.7 Å². The monoisotopic (exact) mass is 258 g/mol. The van der Waals surface area contributed by atoms with Gasteiger partial charge in [0, 0.05) is 26.0 Å². The number of aromatic nitrogens is 1. The first-order valence-electron chi connectivity index (χ1n) is 5.98. The molecule has 3 nitrogen and oxygen atoms in total. The third kappa shape index (κ3) is 3.16. The number of hydrogen-bond donors (Lipinski definition) is 0. The van der Waals surface area contributed by atoms with Crippen molar-refractivity contribution >= 4 is 5.91 Å². The van der Waals surface area contributed by atoms with Crippen LogP contribution in [0.25, 0.3) is 0 Å². The van der Waals surface area contributed by atoms with E-state index in [4.69, 9.17) is 0 Å². The highest BCUT2D eigenvalue weighted by Crippen LogP contribution is 2.13. The molecule has 0 fully saturated rings. The molecule has 0 saturated carbocycles. The Hall–Kier alpha value is -2.23. The predicted octanol–water partition coefficient (Wildman–Crippen LogP) is 2.80. The predicted molar refractivity (Wildman–Crippen MR) is 71.2 cm³/mol. The van der Waals surface area contributed by atoms with Gasteiger partial charge in [0.2, 0.25) is 0 Å². The number of carbonyl (C=O) groups excluding carboxylic acids is 1. The largest absolute Gasteiger partial charge is 0.337 e. The van der Waals surface area contributed by atoms with Gasteiger partial charge in [-0.25, -0.2) is 4.39 Å². The minimum absolute atomic E-state index is 0.103. The van der Waals surface area contributed by atoms with Crippen molar-refractivity contribution in [2.75, 3.05) is 7.05 Å². The van der Waals surface area contributed by atoms with Gasteiger partial charge < -0.3 is 4.90 Å². The standard InChI is InChI=1S/C15H15FN2O/c1-11-5-6-14(16)13(8-11)15(19)18(2)10-12-4-3-7-17-9-12/h3-9H,10H2,1-2H3. The SMILES string of the molecule is Cc1ccc(F)c(C(=O)N(C)Cc2cccnc2)c1. The van der Waals surface area contributed by atoms with E-state index in [9.17, 15) is 9.18 Å². The van der Waals surface area contributed by atoms with Crippen LogP contribution in [0.4, 0.5) is 4.39 Å². The number of hydrogen-bond acceptors (Lipinski definition) is 2. The molecule has 1 heterocycles. The van der Waals surface area contributed by atoms with Gasteiger partial charge in [-0.15, -0.1) is 0 Å². The molecule has 0 spiro atoms.